The highest BCUT2D eigenvalue weighted by atomic mass is 16.6. The maximum atomic E-state index is 12.4. The highest BCUT2D eigenvalue weighted by Gasteiger charge is 2.20. The van der Waals surface area contributed by atoms with Crippen LogP contribution in [0, 0.1) is 30.9 Å². The molecule has 1 aromatic heterocycles. The molecule has 0 aliphatic rings. The van der Waals surface area contributed by atoms with Crippen LogP contribution in [0.15, 0.2) is 18.2 Å². The third-order valence-corrected chi connectivity index (χ3v) is 3.68. The average molecular weight is 315 g/mol. The predicted octanol–water partition coefficient (Wildman–Crippen LogP) is 3.30. The smallest absolute Gasteiger partial charge is 0.274 e. The average Bonchev–Trinajstić information content (AvgIpc) is 2.75. The number of carbonyl (C=O) groups is 2. The Hall–Kier alpha value is -2.96. The first-order valence-electron chi connectivity index (χ1n) is 6.99. The van der Waals surface area contributed by atoms with Gasteiger partial charge in [0.1, 0.15) is 5.69 Å². The first-order valence-corrected chi connectivity index (χ1v) is 6.99. The number of nitro groups is 1. The lowest BCUT2D eigenvalue weighted by Crippen LogP contribution is -2.14. The molecule has 0 saturated heterocycles. The number of Topliss-reactive ketones (excluding diaryl/α,β-unsaturated/α-hetero) is 1. The molecule has 7 nitrogen and oxygen atoms in total. The lowest BCUT2D eigenvalue weighted by atomic mass is 10.1. The number of aryl methyl sites for hydroxylation is 2. The third kappa shape index (κ3) is 3.13. The number of hydrogen-bond donors (Lipinski definition) is 2. The van der Waals surface area contributed by atoms with Crippen LogP contribution in [0.1, 0.15) is 44.6 Å². The molecule has 0 atom stereocenters. The van der Waals surface area contributed by atoms with Crippen molar-refractivity contribution in [3.05, 3.63) is 56.4 Å². The predicted molar refractivity (Wildman–Crippen MR) is 86.1 cm³/mol. The van der Waals surface area contributed by atoms with E-state index >= 15 is 0 Å². The number of anilines is 1. The fourth-order valence-corrected chi connectivity index (χ4v) is 2.58. The lowest BCUT2D eigenvalue weighted by Gasteiger charge is -2.06. The SMILES string of the molecule is CC(=O)c1c(C)[nH]c(C(=O)Nc2ccc(C)c([N+](=O)[O-])c2)c1C. The largest absolute Gasteiger partial charge is 0.354 e. The number of amides is 1. The van der Waals surface area contributed by atoms with Crippen molar-refractivity contribution in [2.24, 2.45) is 0 Å². The molecule has 0 bridgehead atoms. The zero-order chi connectivity index (χ0) is 17.3. The molecule has 23 heavy (non-hydrogen) atoms. The van der Waals surface area contributed by atoms with Crippen molar-refractivity contribution in [1.82, 2.24) is 4.98 Å². The van der Waals surface area contributed by atoms with Crippen LogP contribution in [0.25, 0.3) is 0 Å². The van der Waals surface area contributed by atoms with Gasteiger partial charge in [-0.2, -0.15) is 0 Å². The van der Waals surface area contributed by atoms with Crippen LogP contribution in [0.3, 0.4) is 0 Å². The van der Waals surface area contributed by atoms with Crippen LogP contribution in [0.5, 0.6) is 0 Å². The number of benzene rings is 1. The summed E-state index contributed by atoms with van der Waals surface area (Å²) >= 11 is 0. The summed E-state index contributed by atoms with van der Waals surface area (Å²) < 4.78 is 0. The van der Waals surface area contributed by atoms with Gasteiger partial charge in [-0.25, -0.2) is 0 Å². The van der Waals surface area contributed by atoms with E-state index in [0.29, 0.717) is 28.1 Å². The Balaban J connectivity index is 2.33. The molecule has 0 saturated carbocycles. The molecule has 0 spiro atoms. The Morgan fingerprint density at radius 3 is 2.39 bits per heavy atom. The van der Waals surface area contributed by atoms with Gasteiger partial charge in [-0.05, 0) is 39.3 Å². The van der Waals surface area contributed by atoms with E-state index in [0.717, 1.165) is 0 Å². The number of nitrogens with zero attached hydrogens (tertiary/aromatic N) is 1. The second-order valence-electron chi connectivity index (χ2n) is 5.39. The third-order valence-electron chi connectivity index (χ3n) is 3.68. The second kappa shape index (κ2) is 6.04. The van der Waals surface area contributed by atoms with Crippen LogP contribution in [0.2, 0.25) is 0 Å². The molecule has 1 amide bonds. The molecule has 2 aromatic rings. The topological polar surface area (TPSA) is 105 Å². The van der Waals surface area contributed by atoms with Crippen molar-refractivity contribution in [2.45, 2.75) is 27.7 Å². The highest BCUT2D eigenvalue weighted by molar-refractivity contribution is 6.07. The number of rotatable bonds is 4. The van der Waals surface area contributed by atoms with Crippen LogP contribution < -0.4 is 5.32 Å². The van der Waals surface area contributed by atoms with Gasteiger partial charge < -0.3 is 10.3 Å². The van der Waals surface area contributed by atoms with Gasteiger partial charge in [0, 0.05) is 28.6 Å². The number of nitro benzene ring substituents is 1. The van der Waals surface area contributed by atoms with E-state index in [-0.39, 0.29) is 17.2 Å². The number of aromatic amines is 1. The zero-order valence-corrected chi connectivity index (χ0v) is 13.3. The molecule has 7 heteroatoms. The Morgan fingerprint density at radius 1 is 1.22 bits per heavy atom. The molecule has 120 valence electrons. The lowest BCUT2D eigenvalue weighted by molar-refractivity contribution is -0.385. The molecular weight excluding hydrogens is 298 g/mol. The summed E-state index contributed by atoms with van der Waals surface area (Å²) in [6, 6.07) is 4.48. The molecule has 2 rings (SSSR count). The molecule has 0 unspecified atom stereocenters. The van der Waals surface area contributed by atoms with E-state index in [1.807, 2.05) is 0 Å². The van der Waals surface area contributed by atoms with Crippen LogP contribution >= 0.6 is 0 Å². The summed E-state index contributed by atoms with van der Waals surface area (Å²) in [7, 11) is 0. The number of hydrogen-bond acceptors (Lipinski definition) is 4. The van der Waals surface area contributed by atoms with E-state index < -0.39 is 10.8 Å². The van der Waals surface area contributed by atoms with E-state index in [4.69, 9.17) is 0 Å². The van der Waals surface area contributed by atoms with Crippen LogP contribution in [-0.4, -0.2) is 21.6 Å². The Bertz CT molecular complexity index is 821. The minimum Gasteiger partial charge on any atom is -0.354 e. The van der Waals surface area contributed by atoms with Crippen molar-refractivity contribution in [1.29, 1.82) is 0 Å². The highest BCUT2D eigenvalue weighted by Crippen LogP contribution is 2.24. The van der Waals surface area contributed by atoms with E-state index in [2.05, 4.69) is 10.3 Å². The summed E-state index contributed by atoms with van der Waals surface area (Å²) in [5.74, 6) is -0.572. The number of ketones is 1. The van der Waals surface area contributed by atoms with E-state index in [1.165, 1.54) is 13.0 Å². The van der Waals surface area contributed by atoms with Crippen molar-refractivity contribution >= 4 is 23.1 Å². The number of nitrogens with one attached hydrogen (secondary N) is 2. The fraction of sp³-hybridized carbons (Fsp3) is 0.250. The van der Waals surface area contributed by atoms with Crippen molar-refractivity contribution in [3.8, 4) is 0 Å². The minimum absolute atomic E-state index is 0.0633. The number of aromatic nitrogens is 1. The summed E-state index contributed by atoms with van der Waals surface area (Å²) in [5, 5.41) is 13.6. The first kappa shape index (κ1) is 16.4. The molecule has 0 fully saturated rings. The van der Waals surface area contributed by atoms with Crippen molar-refractivity contribution in [3.63, 3.8) is 0 Å². The monoisotopic (exact) mass is 315 g/mol. The second-order valence-corrected chi connectivity index (χ2v) is 5.39. The fourth-order valence-electron chi connectivity index (χ4n) is 2.58. The molecule has 0 aliphatic heterocycles. The van der Waals surface area contributed by atoms with Crippen molar-refractivity contribution < 1.29 is 14.5 Å². The molecule has 0 aliphatic carbocycles. The molecule has 1 heterocycles. The standard InChI is InChI=1S/C16H17N3O4/c1-8-5-6-12(7-13(8)19(22)23)18-16(21)15-9(2)14(11(4)20)10(3)17-15/h5-7,17H,1-4H3,(H,18,21). The maximum Gasteiger partial charge on any atom is 0.274 e. The quantitative estimate of drug-likeness (QED) is 0.513. The Kier molecular flexibility index (Phi) is 4.31. The van der Waals surface area contributed by atoms with Gasteiger partial charge in [0.2, 0.25) is 0 Å². The molecule has 1 aromatic carbocycles. The maximum absolute atomic E-state index is 12.4. The van der Waals surface area contributed by atoms with Crippen LogP contribution in [-0.2, 0) is 0 Å². The number of carbonyl (C=O) groups excluding carboxylic acids is 2. The first-order chi connectivity index (χ1) is 10.7. The van der Waals surface area contributed by atoms with Gasteiger partial charge in [-0.1, -0.05) is 6.07 Å². The van der Waals surface area contributed by atoms with Crippen LogP contribution in [0.4, 0.5) is 11.4 Å². The van der Waals surface area contributed by atoms with Gasteiger partial charge >= 0.3 is 0 Å². The van der Waals surface area contributed by atoms with Gasteiger partial charge in [-0.15, -0.1) is 0 Å². The van der Waals surface area contributed by atoms with Crippen molar-refractivity contribution in [2.75, 3.05) is 5.32 Å². The summed E-state index contributed by atoms with van der Waals surface area (Å²) in [4.78, 5) is 37.3. The summed E-state index contributed by atoms with van der Waals surface area (Å²) in [6.07, 6.45) is 0. The zero-order valence-electron chi connectivity index (χ0n) is 13.3. The number of H-pyrrole nitrogens is 1. The van der Waals surface area contributed by atoms with E-state index in [9.17, 15) is 19.7 Å². The Morgan fingerprint density at radius 2 is 1.87 bits per heavy atom. The molecular formula is C16H17N3O4. The summed E-state index contributed by atoms with van der Waals surface area (Å²) in [5.41, 5.74) is 2.72. The minimum atomic E-state index is -0.497. The Labute approximate surface area is 132 Å². The van der Waals surface area contributed by atoms with Gasteiger partial charge in [0.15, 0.2) is 5.78 Å². The summed E-state index contributed by atoms with van der Waals surface area (Å²) in [6.45, 7) is 6.47. The van der Waals surface area contributed by atoms with Gasteiger partial charge in [0.05, 0.1) is 4.92 Å². The van der Waals surface area contributed by atoms with E-state index in [1.54, 1.807) is 32.9 Å². The van der Waals surface area contributed by atoms with Gasteiger partial charge in [-0.3, -0.25) is 19.7 Å². The normalized spacial score (nSPS) is 10.4. The molecule has 2 N–H and O–H groups in total. The van der Waals surface area contributed by atoms with Gasteiger partial charge in [0.25, 0.3) is 11.6 Å². The molecule has 0 radical (unpaired) electrons.